The molecule has 0 fully saturated rings. The van der Waals surface area contributed by atoms with Gasteiger partial charge in [0.25, 0.3) is 5.89 Å². The van der Waals surface area contributed by atoms with Crippen molar-refractivity contribution in [3.05, 3.63) is 34.6 Å². The third kappa shape index (κ3) is 2.21. The van der Waals surface area contributed by atoms with Crippen molar-refractivity contribution < 1.29 is 4.52 Å². The van der Waals surface area contributed by atoms with E-state index in [0.29, 0.717) is 11.7 Å². The van der Waals surface area contributed by atoms with Crippen LogP contribution in [0.2, 0.25) is 0 Å². The predicted octanol–water partition coefficient (Wildman–Crippen LogP) is 3.80. The Balaban J connectivity index is 2.42. The average molecular weight is 288 g/mol. The molecule has 15 heavy (non-hydrogen) atoms. The zero-order valence-electron chi connectivity index (χ0n) is 7.95. The van der Waals surface area contributed by atoms with Crippen molar-refractivity contribution in [2.24, 2.45) is 0 Å². The Kier molecular flexibility index (Phi) is 3.07. The van der Waals surface area contributed by atoms with Crippen molar-refractivity contribution in [1.29, 1.82) is 0 Å². The molecule has 1 aromatic carbocycles. The third-order valence-corrected chi connectivity index (χ3v) is 2.79. The molecule has 0 aliphatic carbocycles. The summed E-state index contributed by atoms with van der Waals surface area (Å²) in [6.07, 6.45) is 0. The lowest BCUT2D eigenvalue weighted by molar-refractivity contribution is 0.422. The summed E-state index contributed by atoms with van der Waals surface area (Å²) < 4.78 is 6.04. The van der Waals surface area contributed by atoms with Crippen molar-refractivity contribution in [3.63, 3.8) is 0 Å². The van der Waals surface area contributed by atoms with Crippen LogP contribution in [0.3, 0.4) is 0 Å². The molecule has 5 heteroatoms. The van der Waals surface area contributed by atoms with E-state index < -0.39 is 0 Å². The molecule has 78 valence electrons. The molecule has 0 aliphatic rings. The molecule has 0 radical (unpaired) electrons. The second-order valence-electron chi connectivity index (χ2n) is 3.05. The quantitative estimate of drug-likeness (QED) is 0.789. The molecular formula is C10H8BrClN2O. The first-order valence-electron chi connectivity index (χ1n) is 4.41. The van der Waals surface area contributed by atoms with Crippen LogP contribution in [0.25, 0.3) is 11.5 Å². The molecule has 1 heterocycles. The summed E-state index contributed by atoms with van der Waals surface area (Å²) in [6, 6.07) is 7.66. The van der Waals surface area contributed by atoms with E-state index in [0.717, 1.165) is 10.0 Å². The standard InChI is InChI=1S/C10H8BrClN2O/c1-6(12)9-13-10(15-14-9)7-4-2-3-5-8(7)11/h2-6H,1H3. The second-order valence-corrected chi connectivity index (χ2v) is 4.56. The molecule has 0 saturated heterocycles. The Morgan fingerprint density at radius 2 is 2.13 bits per heavy atom. The van der Waals surface area contributed by atoms with Crippen molar-refractivity contribution >= 4 is 27.5 Å². The molecule has 0 aliphatic heterocycles. The lowest BCUT2D eigenvalue weighted by Gasteiger charge is -1.96. The van der Waals surface area contributed by atoms with Crippen LogP contribution < -0.4 is 0 Å². The number of benzene rings is 1. The summed E-state index contributed by atoms with van der Waals surface area (Å²) in [6.45, 7) is 1.80. The highest BCUT2D eigenvalue weighted by atomic mass is 79.9. The first-order chi connectivity index (χ1) is 7.18. The summed E-state index contributed by atoms with van der Waals surface area (Å²) in [4.78, 5) is 4.20. The summed E-state index contributed by atoms with van der Waals surface area (Å²) in [5.74, 6) is 0.979. The molecule has 1 atom stereocenters. The van der Waals surface area contributed by atoms with Crippen molar-refractivity contribution in [1.82, 2.24) is 10.1 Å². The minimum Gasteiger partial charge on any atom is -0.334 e. The van der Waals surface area contributed by atoms with E-state index >= 15 is 0 Å². The molecule has 1 aromatic heterocycles. The van der Waals surface area contributed by atoms with Crippen LogP contribution in [0.5, 0.6) is 0 Å². The van der Waals surface area contributed by atoms with Crippen molar-refractivity contribution in [2.75, 3.05) is 0 Å². The minimum atomic E-state index is -0.245. The van der Waals surface area contributed by atoms with Gasteiger partial charge in [0.05, 0.1) is 10.9 Å². The van der Waals surface area contributed by atoms with Crippen molar-refractivity contribution in [2.45, 2.75) is 12.3 Å². The Labute approximate surface area is 101 Å². The van der Waals surface area contributed by atoms with E-state index in [-0.39, 0.29) is 5.38 Å². The van der Waals surface area contributed by atoms with Gasteiger partial charge in [0.2, 0.25) is 0 Å². The van der Waals surface area contributed by atoms with Gasteiger partial charge < -0.3 is 4.52 Å². The number of halogens is 2. The molecule has 0 spiro atoms. The lowest BCUT2D eigenvalue weighted by atomic mass is 10.2. The fraction of sp³-hybridized carbons (Fsp3) is 0.200. The van der Waals surface area contributed by atoms with Crippen LogP contribution in [-0.2, 0) is 0 Å². The van der Waals surface area contributed by atoms with E-state index in [2.05, 4.69) is 26.1 Å². The molecule has 0 saturated carbocycles. The minimum absolute atomic E-state index is 0.245. The Morgan fingerprint density at radius 3 is 2.73 bits per heavy atom. The first kappa shape index (κ1) is 10.6. The van der Waals surface area contributed by atoms with E-state index in [1.165, 1.54) is 0 Å². The van der Waals surface area contributed by atoms with Crippen LogP contribution >= 0.6 is 27.5 Å². The van der Waals surface area contributed by atoms with Crippen LogP contribution in [0.4, 0.5) is 0 Å². The highest BCUT2D eigenvalue weighted by Gasteiger charge is 2.13. The van der Waals surface area contributed by atoms with Gasteiger partial charge in [0.15, 0.2) is 5.82 Å². The number of hydrogen-bond acceptors (Lipinski definition) is 3. The van der Waals surface area contributed by atoms with Gasteiger partial charge >= 0.3 is 0 Å². The number of alkyl halides is 1. The molecule has 1 unspecified atom stereocenters. The fourth-order valence-corrected chi connectivity index (χ4v) is 1.68. The van der Waals surface area contributed by atoms with Gasteiger partial charge in [0, 0.05) is 4.47 Å². The highest BCUT2D eigenvalue weighted by molar-refractivity contribution is 9.10. The number of aromatic nitrogens is 2. The monoisotopic (exact) mass is 286 g/mol. The normalized spacial score (nSPS) is 12.7. The molecule has 0 N–H and O–H groups in total. The van der Waals surface area contributed by atoms with Crippen LogP contribution in [0, 0.1) is 0 Å². The topological polar surface area (TPSA) is 38.9 Å². The summed E-state index contributed by atoms with van der Waals surface area (Å²) in [5.41, 5.74) is 0.869. The van der Waals surface area contributed by atoms with Crippen LogP contribution in [0.1, 0.15) is 18.1 Å². The van der Waals surface area contributed by atoms with Gasteiger partial charge in [-0.2, -0.15) is 4.98 Å². The number of hydrogen-bond donors (Lipinski definition) is 0. The molecule has 0 bridgehead atoms. The highest BCUT2D eigenvalue weighted by Crippen LogP contribution is 2.27. The number of rotatable bonds is 2. The zero-order valence-corrected chi connectivity index (χ0v) is 10.3. The van der Waals surface area contributed by atoms with Gasteiger partial charge in [-0.15, -0.1) is 11.6 Å². The maximum absolute atomic E-state index is 5.85. The van der Waals surface area contributed by atoms with E-state index in [1.54, 1.807) is 6.92 Å². The maximum atomic E-state index is 5.85. The van der Waals surface area contributed by atoms with Crippen LogP contribution in [0.15, 0.2) is 33.3 Å². The zero-order chi connectivity index (χ0) is 10.8. The summed E-state index contributed by atoms with van der Waals surface area (Å²) in [7, 11) is 0. The summed E-state index contributed by atoms with van der Waals surface area (Å²) >= 11 is 9.27. The van der Waals surface area contributed by atoms with Gasteiger partial charge in [-0.25, -0.2) is 0 Å². The SMILES string of the molecule is CC(Cl)c1noc(-c2ccccc2Br)n1. The summed E-state index contributed by atoms with van der Waals surface area (Å²) in [5, 5.41) is 3.55. The average Bonchev–Trinajstić information content (AvgIpc) is 2.67. The largest absolute Gasteiger partial charge is 0.334 e. The first-order valence-corrected chi connectivity index (χ1v) is 5.64. The molecule has 2 aromatic rings. The maximum Gasteiger partial charge on any atom is 0.259 e. The molecule has 2 rings (SSSR count). The van der Waals surface area contributed by atoms with Gasteiger partial charge in [-0.1, -0.05) is 17.3 Å². The number of nitrogens with zero attached hydrogens (tertiary/aromatic N) is 2. The van der Waals surface area contributed by atoms with E-state index in [9.17, 15) is 0 Å². The second kappa shape index (κ2) is 4.33. The van der Waals surface area contributed by atoms with Crippen LogP contribution in [-0.4, -0.2) is 10.1 Å². The smallest absolute Gasteiger partial charge is 0.259 e. The Hall–Kier alpha value is -0.870. The molecule has 3 nitrogen and oxygen atoms in total. The molecule has 0 amide bonds. The van der Waals surface area contributed by atoms with Gasteiger partial charge in [-0.3, -0.25) is 0 Å². The lowest BCUT2D eigenvalue weighted by Crippen LogP contribution is -1.86. The fourth-order valence-electron chi connectivity index (χ4n) is 1.14. The molecular weight excluding hydrogens is 279 g/mol. The van der Waals surface area contributed by atoms with E-state index in [4.69, 9.17) is 16.1 Å². The van der Waals surface area contributed by atoms with Crippen molar-refractivity contribution in [3.8, 4) is 11.5 Å². The van der Waals surface area contributed by atoms with Gasteiger partial charge in [-0.05, 0) is 35.0 Å². The Morgan fingerprint density at radius 1 is 1.40 bits per heavy atom. The van der Waals surface area contributed by atoms with E-state index in [1.807, 2.05) is 24.3 Å². The third-order valence-electron chi connectivity index (χ3n) is 1.90. The van der Waals surface area contributed by atoms with Gasteiger partial charge in [0.1, 0.15) is 0 Å². The predicted molar refractivity (Wildman–Crippen MR) is 61.7 cm³/mol. The Bertz CT molecular complexity index is 470.